The Bertz CT molecular complexity index is 988. The molecule has 36 heavy (non-hydrogen) atoms. The van der Waals surface area contributed by atoms with Gasteiger partial charge < -0.3 is 19.8 Å². The Kier molecular flexibility index (Phi) is 11.2. The molecule has 0 radical (unpaired) electrons. The largest absolute Gasteiger partial charge is 0.411 e. The van der Waals surface area contributed by atoms with Crippen LogP contribution in [-0.2, 0) is 14.0 Å². The lowest BCUT2D eigenvalue weighted by molar-refractivity contribution is -0.120. The van der Waals surface area contributed by atoms with E-state index in [1.54, 1.807) is 6.20 Å². The molecule has 0 unspecified atom stereocenters. The third-order valence-corrected chi connectivity index (χ3v) is 12.2. The predicted octanol–water partition coefficient (Wildman–Crippen LogP) is 7.55. The van der Waals surface area contributed by atoms with Gasteiger partial charge in [-0.15, -0.1) is 12.4 Å². The van der Waals surface area contributed by atoms with Crippen molar-refractivity contribution in [3.63, 3.8) is 0 Å². The van der Waals surface area contributed by atoms with Gasteiger partial charge >= 0.3 is 0 Å². The Morgan fingerprint density at radius 2 is 1.83 bits per heavy atom. The number of anilines is 2. The van der Waals surface area contributed by atoms with Crippen molar-refractivity contribution in [3.8, 4) is 0 Å². The number of halogens is 1. The van der Waals surface area contributed by atoms with E-state index in [4.69, 9.17) is 9.16 Å². The Labute approximate surface area is 224 Å². The predicted molar refractivity (Wildman–Crippen MR) is 156 cm³/mol. The summed E-state index contributed by atoms with van der Waals surface area (Å²) >= 11 is 0. The molecule has 1 amide bonds. The highest BCUT2D eigenvalue weighted by Crippen LogP contribution is 2.45. The van der Waals surface area contributed by atoms with E-state index in [-0.39, 0.29) is 35.6 Å². The molecular formula is C28H46ClN3O3Si. The molecule has 202 valence electrons. The van der Waals surface area contributed by atoms with Crippen LogP contribution in [0, 0.1) is 0 Å². The van der Waals surface area contributed by atoms with Crippen LogP contribution in [0.1, 0.15) is 72.6 Å². The highest BCUT2D eigenvalue weighted by atomic mass is 35.5. The molecule has 1 heterocycles. The van der Waals surface area contributed by atoms with E-state index < -0.39 is 8.32 Å². The molecule has 1 saturated carbocycles. The fourth-order valence-corrected chi connectivity index (χ4v) is 6.42. The van der Waals surface area contributed by atoms with Crippen molar-refractivity contribution in [1.82, 2.24) is 4.98 Å². The van der Waals surface area contributed by atoms with Crippen molar-refractivity contribution in [2.45, 2.75) is 96.4 Å². The average Bonchev–Trinajstić information content (AvgIpc) is 2.81. The molecule has 8 heteroatoms. The summed E-state index contributed by atoms with van der Waals surface area (Å²) in [6.07, 6.45) is 9.96. The van der Waals surface area contributed by atoms with Gasteiger partial charge in [0.25, 0.3) is 0 Å². The number of benzene rings is 1. The summed E-state index contributed by atoms with van der Waals surface area (Å²) in [5.41, 5.74) is 2.52. The zero-order valence-corrected chi connectivity index (χ0v) is 24.9. The summed E-state index contributed by atoms with van der Waals surface area (Å²) in [6.45, 7) is 15.0. The summed E-state index contributed by atoms with van der Waals surface area (Å²) in [5.74, 6) is -0.170. The van der Waals surface area contributed by atoms with E-state index in [0.717, 1.165) is 48.8 Å². The first-order valence-corrected chi connectivity index (χ1v) is 16.2. The van der Waals surface area contributed by atoms with Gasteiger partial charge in [-0.1, -0.05) is 58.2 Å². The van der Waals surface area contributed by atoms with Crippen molar-refractivity contribution in [3.05, 3.63) is 30.5 Å². The van der Waals surface area contributed by atoms with Gasteiger partial charge in [-0.3, -0.25) is 9.78 Å². The third-order valence-electron chi connectivity index (χ3n) is 7.64. The van der Waals surface area contributed by atoms with Crippen LogP contribution in [0.5, 0.6) is 0 Å². The number of fused-ring (bicyclic) bond motifs is 1. The summed E-state index contributed by atoms with van der Waals surface area (Å²) in [5, 5.41) is 7.82. The number of aromatic nitrogens is 1. The van der Waals surface area contributed by atoms with E-state index in [1.165, 1.54) is 19.3 Å². The van der Waals surface area contributed by atoms with Crippen LogP contribution >= 0.6 is 12.4 Å². The minimum atomic E-state index is -1.85. The highest BCUT2D eigenvalue weighted by Gasteiger charge is 2.44. The van der Waals surface area contributed by atoms with Crippen LogP contribution in [0.3, 0.4) is 0 Å². The monoisotopic (exact) mass is 535 g/mol. The number of hydrogen-bond donors (Lipinski definition) is 2. The standard InChI is InChI=1S/C28H45N3O3Si.ClH/c1-7-33-21-25(32)31-24-20-30-23-15-10-9-14-22(23)26(24)29-19-13-18-28(16-11-8-12-17-28)34-35(5,6)27(2,3)4;/h9-10,14-15,20H,7-8,11-13,16-19,21H2,1-6H3,(H,29,30)(H,31,32);1H. The molecule has 1 aromatic carbocycles. The number of nitrogens with zero attached hydrogens (tertiary/aromatic N) is 1. The Hall–Kier alpha value is -1.67. The second-order valence-electron chi connectivity index (χ2n) is 11.4. The number of rotatable bonds is 11. The summed E-state index contributed by atoms with van der Waals surface area (Å²) < 4.78 is 12.4. The molecular weight excluding hydrogens is 490 g/mol. The van der Waals surface area contributed by atoms with Crippen LogP contribution in [-0.4, -0.2) is 44.6 Å². The van der Waals surface area contributed by atoms with Crippen molar-refractivity contribution in [2.24, 2.45) is 0 Å². The van der Waals surface area contributed by atoms with Gasteiger partial charge in [0.2, 0.25) is 5.91 Å². The zero-order chi connectivity index (χ0) is 25.5. The minimum absolute atomic E-state index is 0. The number of para-hydroxylation sites is 1. The SMILES string of the molecule is CCOCC(=O)Nc1cnc2ccccc2c1NCCCC1(O[Si](C)(C)C(C)(C)C)CCCCC1.Cl. The van der Waals surface area contributed by atoms with Crippen LogP contribution < -0.4 is 10.6 Å². The number of amides is 1. The molecule has 0 atom stereocenters. The minimum Gasteiger partial charge on any atom is -0.411 e. The number of nitrogens with one attached hydrogen (secondary N) is 2. The van der Waals surface area contributed by atoms with E-state index in [0.29, 0.717) is 12.3 Å². The first-order chi connectivity index (χ1) is 16.6. The first-order valence-electron chi connectivity index (χ1n) is 13.3. The van der Waals surface area contributed by atoms with Crippen molar-refractivity contribution < 1.29 is 14.0 Å². The first kappa shape index (κ1) is 30.6. The van der Waals surface area contributed by atoms with Gasteiger partial charge in [0.15, 0.2) is 8.32 Å². The van der Waals surface area contributed by atoms with Crippen LogP contribution in [0.15, 0.2) is 30.5 Å². The topological polar surface area (TPSA) is 72.5 Å². The lowest BCUT2D eigenvalue weighted by Crippen LogP contribution is -2.50. The number of hydrogen-bond acceptors (Lipinski definition) is 5. The molecule has 0 aliphatic heterocycles. The molecule has 3 rings (SSSR count). The molecule has 0 saturated heterocycles. The van der Waals surface area contributed by atoms with Gasteiger partial charge in [-0.2, -0.15) is 0 Å². The molecule has 1 aromatic heterocycles. The fourth-order valence-electron chi connectivity index (χ4n) is 4.73. The molecule has 0 bridgehead atoms. The maximum Gasteiger partial charge on any atom is 0.250 e. The van der Waals surface area contributed by atoms with Crippen LogP contribution in [0.25, 0.3) is 10.9 Å². The van der Waals surface area contributed by atoms with Crippen LogP contribution in [0.4, 0.5) is 11.4 Å². The summed E-state index contributed by atoms with van der Waals surface area (Å²) in [6, 6.07) is 8.03. The van der Waals surface area contributed by atoms with Gasteiger partial charge in [-0.25, -0.2) is 0 Å². The Morgan fingerprint density at radius 1 is 1.14 bits per heavy atom. The maximum atomic E-state index is 12.3. The van der Waals surface area contributed by atoms with E-state index >= 15 is 0 Å². The van der Waals surface area contributed by atoms with Crippen molar-refractivity contribution in [2.75, 3.05) is 30.4 Å². The maximum absolute atomic E-state index is 12.3. The second-order valence-corrected chi connectivity index (χ2v) is 16.1. The molecule has 1 aliphatic carbocycles. The summed E-state index contributed by atoms with van der Waals surface area (Å²) in [7, 11) is -1.85. The number of carbonyl (C=O) groups is 1. The molecule has 2 aromatic rings. The Balaban J connectivity index is 0.00000456. The van der Waals surface area contributed by atoms with E-state index in [2.05, 4.69) is 49.5 Å². The molecule has 1 aliphatic rings. The quantitative estimate of drug-likeness (QED) is 0.229. The normalized spacial score (nSPS) is 15.8. The molecule has 1 fully saturated rings. The molecule has 0 spiro atoms. The second kappa shape index (κ2) is 13.2. The smallest absolute Gasteiger partial charge is 0.250 e. The van der Waals surface area contributed by atoms with Gasteiger partial charge in [0.1, 0.15) is 6.61 Å². The third kappa shape index (κ3) is 7.91. The highest BCUT2D eigenvalue weighted by molar-refractivity contribution is 6.74. The van der Waals surface area contributed by atoms with Gasteiger partial charge in [0, 0.05) is 18.5 Å². The molecule has 6 nitrogen and oxygen atoms in total. The lowest BCUT2D eigenvalue weighted by Gasteiger charge is -2.48. The average molecular weight is 536 g/mol. The number of carbonyl (C=O) groups excluding carboxylic acids is 1. The zero-order valence-electron chi connectivity index (χ0n) is 23.0. The van der Waals surface area contributed by atoms with Crippen molar-refractivity contribution >= 4 is 48.9 Å². The number of pyridine rings is 1. The van der Waals surface area contributed by atoms with Crippen LogP contribution in [0.2, 0.25) is 18.1 Å². The molecule has 2 N–H and O–H groups in total. The van der Waals surface area contributed by atoms with Gasteiger partial charge in [0.05, 0.1) is 28.7 Å². The van der Waals surface area contributed by atoms with Crippen molar-refractivity contribution in [1.29, 1.82) is 0 Å². The summed E-state index contributed by atoms with van der Waals surface area (Å²) in [4.78, 5) is 16.9. The fraction of sp³-hybridized carbons (Fsp3) is 0.643. The van der Waals surface area contributed by atoms with E-state index in [1.807, 2.05) is 31.2 Å². The Morgan fingerprint density at radius 3 is 2.50 bits per heavy atom. The van der Waals surface area contributed by atoms with Gasteiger partial charge in [-0.05, 0) is 56.8 Å². The lowest BCUT2D eigenvalue weighted by atomic mass is 9.82. The van der Waals surface area contributed by atoms with E-state index in [9.17, 15) is 4.79 Å². The number of ether oxygens (including phenoxy) is 1.